The first kappa shape index (κ1) is 29.0. The zero-order valence-corrected chi connectivity index (χ0v) is 22.8. The van der Waals surface area contributed by atoms with Gasteiger partial charge in [0.05, 0.1) is 41.2 Å². The molecule has 0 unspecified atom stereocenters. The number of nitrogens with one attached hydrogen (secondary N) is 2. The molecular weight excluding hydrogens is 567 g/mol. The molecule has 3 aromatic carbocycles. The van der Waals surface area contributed by atoms with Gasteiger partial charge in [0.25, 0.3) is 5.91 Å². The summed E-state index contributed by atoms with van der Waals surface area (Å²) in [5.74, 6) is -0.329. The van der Waals surface area contributed by atoms with Crippen molar-refractivity contribution in [1.82, 2.24) is 20.1 Å². The lowest BCUT2D eigenvalue weighted by Crippen LogP contribution is -2.25. The van der Waals surface area contributed by atoms with Crippen LogP contribution >= 0.6 is 23.4 Å². The van der Waals surface area contributed by atoms with Gasteiger partial charge in [0.15, 0.2) is 11.0 Å². The van der Waals surface area contributed by atoms with Crippen LogP contribution in [0.15, 0.2) is 71.9 Å². The van der Waals surface area contributed by atoms with Crippen LogP contribution in [0.1, 0.15) is 27.3 Å². The van der Waals surface area contributed by atoms with Crippen molar-refractivity contribution in [2.45, 2.75) is 24.8 Å². The van der Waals surface area contributed by atoms with E-state index in [4.69, 9.17) is 16.3 Å². The number of thioether (sulfide) groups is 1. The van der Waals surface area contributed by atoms with Crippen molar-refractivity contribution in [2.24, 2.45) is 0 Å². The van der Waals surface area contributed by atoms with Gasteiger partial charge in [-0.1, -0.05) is 47.6 Å². The zero-order chi connectivity index (χ0) is 28.9. The fraction of sp³-hybridized carbons (Fsp3) is 0.185. The van der Waals surface area contributed by atoms with Crippen LogP contribution in [0.2, 0.25) is 5.02 Å². The Bertz CT molecular complexity index is 1540. The summed E-state index contributed by atoms with van der Waals surface area (Å²) < 4.78 is 46.2. The van der Waals surface area contributed by atoms with Crippen LogP contribution in [-0.4, -0.2) is 39.4 Å². The summed E-state index contributed by atoms with van der Waals surface area (Å²) in [6, 6.07) is 17.0. The highest BCUT2D eigenvalue weighted by atomic mass is 35.5. The maximum absolute atomic E-state index is 13.1. The molecule has 4 rings (SSSR count). The third-order valence-electron chi connectivity index (χ3n) is 5.62. The first-order valence-corrected chi connectivity index (χ1v) is 13.1. The van der Waals surface area contributed by atoms with Crippen molar-refractivity contribution >= 4 is 40.9 Å². The van der Waals surface area contributed by atoms with E-state index in [9.17, 15) is 22.8 Å². The number of methoxy groups -OCH3 is 1. The van der Waals surface area contributed by atoms with Gasteiger partial charge in [-0.3, -0.25) is 14.2 Å². The third-order valence-corrected chi connectivity index (χ3v) is 6.88. The molecule has 0 saturated carbocycles. The number of anilines is 1. The van der Waals surface area contributed by atoms with E-state index in [2.05, 4.69) is 20.8 Å². The van der Waals surface area contributed by atoms with Gasteiger partial charge < -0.3 is 15.4 Å². The number of hydrogen-bond acceptors (Lipinski definition) is 6. The fourth-order valence-corrected chi connectivity index (χ4v) is 4.67. The minimum atomic E-state index is -4.58. The highest BCUT2D eigenvalue weighted by molar-refractivity contribution is 7.99. The fourth-order valence-electron chi connectivity index (χ4n) is 3.74. The SMILES string of the molecule is COc1ccccc1C(=O)NCc1nnc(SCC(=O)Nc2cc(C(F)(F)F)ccc2Cl)n1-c1cccc(C)c1. The van der Waals surface area contributed by atoms with Gasteiger partial charge in [-0.2, -0.15) is 13.2 Å². The second-order valence-corrected chi connectivity index (χ2v) is 9.84. The summed E-state index contributed by atoms with van der Waals surface area (Å²) >= 11 is 7.02. The van der Waals surface area contributed by atoms with Crippen molar-refractivity contribution in [1.29, 1.82) is 0 Å². The molecule has 40 heavy (non-hydrogen) atoms. The summed E-state index contributed by atoms with van der Waals surface area (Å²) in [5.41, 5.74) is 0.936. The monoisotopic (exact) mass is 589 g/mol. The number of hydrogen-bond donors (Lipinski definition) is 2. The molecule has 2 N–H and O–H groups in total. The molecule has 0 aliphatic rings. The number of amides is 2. The Morgan fingerprint density at radius 1 is 1.05 bits per heavy atom. The molecule has 1 aromatic heterocycles. The number of rotatable bonds is 9. The van der Waals surface area contributed by atoms with Gasteiger partial charge in [-0.15, -0.1) is 10.2 Å². The molecule has 2 amide bonds. The van der Waals surface area contributed by atoms with Crippen molar-refractivity contribution in [2.75, 3.05) is 18.2 Å². The van der Waals surface area contributed by atoms with E-state index in [-0.39, 0.29) is 28.9 Å². The van der Waals surface area contributed by atoms with E-state index in [1.165, 1.54) is 7.11 Å². The maximum atomic E-state index is 13.1. The molecular formula is C27H23ClF3N5O3S. The summed E-state index contributed by atoms with van der Waals surface area (Å²) in [7, 11) is 1.47. The Balaban J connectivity index is 1.52. The van der Waals surface area contributed by atoms with Gasteiger partial charge in [0.2, 0.25) is 5.91 Å². The second kappa shape index (κ2) is 12.4. The number of halogens is 4. The standard InChI is InChI=1S/C27H23ClF3N5O3S/c1-16-6-5-7-18(12-16)36-23(14-32-25(38)19-8-3-4-9-22(19)39-2)34-35-26(36)40-15-24(37)33-21-13-17(27(29,30)31)10-11-20(21)28/h3-13H,14-15H2,1-2H3,(H,32,38)(H,33,37). The molecule has 0 spiro atoms. The minimum Gasteiger partial charge on any atom is -0.496 e. The van der Waals surface area contributed by atoms with Gasteiger partial charge in [0, 0.05) is 5.69 Å². The van der Waals surface area contributed by atoms with Gasteiger partial charge >= 0.3 is 6.18 Å². The first-order valence-electron chi connectivity index (χ1n) is 11.8. The molecule has 8 nitrogen and oxygen atoms in total. The largest absolute Gasteiger partial charge is 0.496 e. The smallest absolute Gasteiger partial charge is 0.416 e. The van der Waals surface area contributed by atoms with Crippen LogP contribution in [0.25, 0.3) is 5.69 Å². The zero-order valence-electron chi connectivity index (χ0n) is 21.3. The van der Waals surface area contributed by atoms with Gasteiger partial charge in [-0.25, -0.2) is 0 Å². The number of aromatic nitrogens is 3. The normalized spacial score (nSPS) is 11.2. The Morgan fingerprint density at radius 2 is 1.82 bits per heavy atom. The summed E-state index contributed by atoms with van der Waals surface area (Å²) in [6.45, 7) is 1.93. The Hall–Kier alpha value is -4.03. The summed E-state index contributed by atoms with van der Waals surface area (Å²) in [5, 5.41) is 14.0. The molecule has 0 radical (unpaired) electrons. The first-order chi connectivity index (χ1) is 19.1. The molecule has 0 saturated heterocycles. The van der Waals surface area contributed by atoms with Crippen molar-refractivity contribution in [3.63, 3.8) is 0 Å². The molecule has 4 aromatic rings. The number of nitrogens with zero attached hydrogens (tertiary/aromatic N) is 3. The predicted octanol–water partition coefficient (Wildman–Crippen LogP) is 5.92. The minimum absolute atomic E-state index is 0.0183. The molecule has 208 valence electrons. The van der Waals surface area contributed by atoms with E-state index in [1.54, 1.807) is 28.8 Å². The number of alkyl halides is 3. The van der Waals surface area contributed by atoms with E-state index >= 15 is 0 Å². The van der Waals surface area contributed by atoms with Crippen molar-refractivity contribution in [3.8, 4) is 11.4 Å². The Labute approximate surface area is 236 Å². The topological polar surface area (TPSA) is 98.1 Å². The third kappa shape index (κ3) is 6.93. The van der Waals surface area contributed by atoms with E-state index in [0.29, 0.717) is 28.0 Å². The van der Waals surface area contributed by atoms with E-state index in [0.717, 1.165) is 35.5 Å². The summed E-state index contributed by atoms with van der Waals surface area (Å²) in [6.07, 6.45) is -4.58. The average molecular weight is 590 g/mol. The quantitative estimate of drug-likeness (QED) is 0.235. The van der Waals surface area contributed by atoms with Gasteiger partial charge in [0.1, 0.15) is 5.75 Å². The lowest BCUT2D eigenvalue weighted by molar-refractivity contribution is -0.137. The Morgan fingerprint density at radius 3 is 2.55 bits per heavy atom. The highest BCUT2D eigenvalue weighted by Crippen LogP contribution is 2.34. The number of carbonyl (C=O) groups excluding carboxylic acids is 2. The summed E-state index contributed by atoms with van der Waals surface area (Å²) in [4.78, 5) is 25.5. The van der Waals surface area contributed by atoms with Crippen LogP contribution < -0.4 is 15.4 Å². The maximum Gasteiger partial charge on any atom is 0.416 e. The molecule has 0 fully saturated rings. The lowest BCUT2D eigenvalue weighted by atomic mass is 10.2. The molecule has 0 atom stereocenters. The van der Waals surface area contributed by atoms with Crippen LogP contribution in [-0.2, 0) is 17.5 Å². The van der Waals surface area contributed by atoms with Crippen LogP contribution in [0.5, 0.6) is 5.75 Å². The molecule has 1 heterocycles. The van der Waals surface area contributed by atoms with E-state index < -0.39 is 17.6 Å². The molecule has 13 heteroatoms. The number of aryl methyl sites for hydroxylation is 1. The highest BCUT2D eigenvalue weighted by Gasteiger charge is 2.31. The lowest BCUT2D eigenvalue weighted by Gasteiger charge is -2.13. The number of benzene rings is 3. The van der Waals surface area contributed by atoms with Gasteiger partial charge in [-0.05, 0) is 55.0 Å². The number of ether oxygens (including phenoxy) is 1. The molecule has 0 aliphatic carbocycles. The van der Waals surface area contributed by atoms with Crippen LogP contribution in [0, 0.1) is 6.92 Å². The predicted molar refractivity (Wildman–Crippen MR) is 146 cm³/mol. The second-order valence-electron chi connectivity index (χ2n) is 8.49. The van der Waals surface area contributed by atoms with E-state index in [1.807, 2.05) is 31.2 Å². The number of para-hydroxylation sites is 1. The van der Waals surface area contributed by atoms with Crippen LogP contribution in [0.3, 0.4) is 0 Å². The van der Waals surface area contributed by atoms with Crippen molar-refractivity contribution in [3.05, 3.63) is 94.3 Å². The average Bonchev–Trinajstić information content (AvgIpc) is 3.34. The van der Waals surface area contributed by atoms with Crippen molar-refractivity contribution < 1.29 is 27.5 Å². The Kier molecular flexibility index (Phi) is 9.00. The molecule has 0 bridgehead atoms. The molecule has 0 aliphatic heterocycles. The number of carbonyl (C=O) groups is 2. The van der Waals surface area contributed by atoms with Crippen LogP contribution in [0.4, 0.5) is 18.9 Å².